The zero-order valence-corrected chi connectivity index (χ0v) is 14.5. The van der Waals surface area contributed by atoms with Crippen molar-refractivity contribution in [2.75, 3.05) is 11.1 Å². The second-order valence-corrected chi connectivity index (χ2v) is 6.55. The number of hydrogen-bond acceptors (Lipinski definition) is 5. The van der Waals surface area contributed by atoms with Crippen LogP contribution in [0.5, 0.6) is 5.75 Å². The van der Waals surface area contributed by atoms with Crippen LogP contribution in [0.3, 0.4) is 0 Å². The number of aromatic hydroxyl groups is 1. The van der Waals surface area contributed by atoms with E-state index < -0.39 is 4.92 Å². The molecule has 0 fully saturated rings. The van der Waals surface area contributed by atoms with Gasteiger partial charge in [-0.1, -0.05) is 29.3 Å². The summed E-state index contributed by atoms with van der Waals surface area (Å²) in [6, 6.07) is 8.64. The highest BCUT2D eigenvalue weighted by molar-refractivity contribution is 7.99. The highest BCUT2D eigenvalue weighted by atomic mass is 35.5. The van der Waals surface area contributed by atoms with Crippen LogP contribution in [0.15, 0.2) is 36.4 Å². The van der Waals surface area contributed by atoms with Gasteiger partial charge in [0, 0.05) is 17.9 Å². The summed E-state index contributed by atoms with van der Waals surface area (Å²) in [4.78, 5) is 22.0. The molecule has 0 radical (unpaired) electrons. The first-order chi connectivity index (χ1) is 11.4. The van der Waals surface area contributed by atoms with Gasteiger partial charge < -0.3 is 10.4 Å². The molecule has 0 unspecified atom stereocenters. The van der Waals surface area contributed by atoms with Crippen LogP contribution in [0.25, 0.3) is 0 Å². The molecule has 24 heavy (non-hydrogen) atoms. The minimum Gasteiger partial charge on any atom is -0.506 e. The molecular formula is C15H12Cl2N2O4S. The molecule has 0 aliphatic carbocycles. The summed E-state index contributed by atoms with van der Waals surface area (Å²) in [7, 11) is 0. The number of nitrogens with one attached hydrogen (secondary N) is 1. The van der Waals surface area contributed by atoms with Crippen molar-refractivity contribution in [3.63, 3.8) is 0 Å². The Kier molecular flexibility index (Phi) is 6.30. The number of benzene rings is 2. The van der Waals surface area contributed by atoms with Gasteiger partial charge in [0.1, 0.15) is 5.75 Å². The fourth-order valence-electron chi connectivity index (χ4n) is 1.81. The molecule has 0 aromatic heterocycles. The Bertz CT molecular complexity index is 786. The number of rotatable bonds is 6. The number of anilines is 1. The molecule has 9 heteroatoms. The van der Waals surface area contributed by atoms with E-state index in [-0.39, 0.29) is 28.8 Å². The summed E-state index contributed by atoms with van der Waals surface area (Å²) in [6.45, 7) is 0. The Morgan fingerprint density at radius 1 is 1.21 bits per heavy atom. The summed E-state index contributed by atoms with van der Waals surface area (Å²) in [5.41, 5.74) is 0.705. The molecule has 2 aromatic rings. The zero-order valence-electron chi connectivity index (χ0n) is 12.2. The average molecular weight is 387 g/mol. The smallest absolute Gasteiger partial charge is 0.271 e. The quantitative estimate of drug-likeness (QED) is 0.433. The van der Waals surface area contributed by atoms with E-state index >= 15 is 0 Å². The van der Waals surface area contributed by atoms with Crippen LogP contribution < -0.4 is 5.32 Å². The van der Waals surface area contributed by atoms with Gasteiger partial charge in [0.2, 0.25) is 5.91 Å². The van der Waals surface area contributed by atoms with Gasteiger partial charge in [-0.25, -0.2) is 0 Å². The monoisotopic (exact) mass is 386 g/mol. The third-order valence-corrected chi connectivity index (χ3v) is 4.69. The molecule has 2 aromatic carbocycles. The van der Waals surface area contributed by atoms with Crippen molar-refractivity contribution in [1.29, 1.82) is 0 Å². The van der Waals surface area contributed by atoms with E-state index in [1.165, 1.54) is 11.8 Å². The first-order valence-corrected chi connectivity index (χ1v) is 8.57. The first-order valence-electron chi connectivity index (χ1n) is 6.65. The maximum Gasteiger partial charge on any atom is 0.271 e. The van der Waals surface area contributed by atoms with Crippen molar-refractivity contribution in [3.8, 4) is 5.75 Å². The molecule has 0 saturated carbocycles. The number of phenolic OH excluding ortho intramolecular Hbond substituents is 1. The van der Waals surface area contributed by atoms with Crippen LogP contribution in [0.1, 0.15) is 5.56 Å². The molecule has 2 N–H and O–H groups in total. The van der Waals surface area contributed by atoms with Gasteiger partial charge in [-0.05, 0) is 23.8 Å². The van der Waals surface area contributed by atoms with Crippen molar-refractivity contribution in [3.05, 3.63) is 62.1 Å². The minimum atomic E-state index is -0.603. The van der Waals surface area contributed by atoms with E-state index in [1.54, 1.807) is 12.1 Å². The van der Waals surface area contributed by atoms with Crippen molar-refractivity contribution in [2.24, 2.45) is 0 Å². The average Bonchev–Trinajstić information content (AvgIpc) is 2.52. The number of thioether (sulfide) groups is 1. The lowest BCUT2D eigenvalue weighted by Crippen LogP contribution is -2.14. The maximum absolute atomic E-state index is 11.9. The standard InChI is InChI=1S/C15H12Cl2N2O4S/c16-11-3-1-9(5-12(11)17)7-24-8-15(21)18-13-6-10(19(22)23)2-4-14(13)20/h1-6,20H,7-8H2,(H,18,21). The molecule has 6 nitrogen and oxygen atoms in total. The normalized spacial score (nSPS) is 10.4. The van der Waals surface area contributed by atoms with Gasteiger partial charge >= 0.3 is 0 Å². The van der Waals surface area contributed by atoms with E-state index in [0.29, 0.717) is 15.8 Å². The lowest BCUT2D eigenvalue weighted by atomic mass is 10.2. The number of hydrogen-bond donors (Lipinski definition) is 2. The Morgan fingerprint density at radius 3 is 2.62 bits per heavy atom. The molecule has 0 aliphatic rings. The maximum atomic E-state index is 11.9. The summed E-state index contributed by atoms with van der Waals surface area (Å²) in [5.74, 6) is 0.0486. The molecular weight excluding hydrogens is 375 g/mol. The molecule has 0 aliphatic heterocycles. The van der Waals surface area contributed by atoms with Crippen LogP contribution in [-0.2, 0) is 10.5 Å². The molecule has 0 spiro atoms. The van der Waals surface area contributed by atoms with E-state index in [9.17, 15) is 20.0 Å². The predicted octanol–water partition coefficient (Wildman–Crippen LogP) is 4.48. The number of non-ortho nitro benzene ring substituents is 1. The van der Waals surface area contributed by atoms with Crippen molar-refractivity contribution < 1.29 is 14.8 Å². The third-order valence-electron chi connectivity index (χ3n) is 2.95. The number of nitrogens with zero attached hydrogens (tertiary/aromatic N) is 1. The second-order valence-electron chi connectivity index (χ2n) is 4.75. The molecule has 126 valence electrons. The number of halogens is 2. The minimum absolute atomic E-state index is 0.00402. The van der Waals surface area contributed by atoms with Gasteiger partial charge in [-0.15, -0.1) is 11.8 Å². The highest BCUT2D eigenvalue weighted by Gasteiger charge is 2.12. The molecule has 1 amide bonds. The highest BCUT2D eigenvalue weighted by Crippen LogP contribution is 2.28. The van der Waals surface area contributed by atoms with Crippen LogP contribution in [0, 0.1) is 10.1 Å². The molecule has 0 atom stereocenters. The predicted molar refractivity (Wildman–Crippen MR) is 96.0 cm³/mol. The Hall–Kier alpha value is -1.96. The summed E-state index contributed by atoms with van der Waals surface area (Å²) >= 11 is 13.1. The lowest BCUT2D eigenvalue weighted by molar-refractivity contribution is -0.384. The van der Waals surface area contributed by atoms with Gasteiger partial charge in [0.25, 0.3) is 5.69 Å². The fraction of sp³-hybridized carbons (Fsp3) is 0.133. The summed E-state index contributed by atoms with van der Waals surface area (Å²) in [5, 5.41) is 23.7. The molecule has 0 heterocycles. The molecule has 2 rings (SSSR count). The second kappa shape index (κ2) is 8.23. The third kappa shape index (κ3) is 5.02. The number of carbonyl (C=O) groups excluding carboxylic acids is 1. The van der Waals surface area contributed by atoms with Crippen LogP contribution in [0.2, 0.25) is 10.0 Å². The number of phenols is 1. The van der Waals surface area contributed by atoms with Gasteiger partial charge in [-0.3, -0.25) is 14.9 Å². The molecule has 0 saturated heterocycles. The number of amides is 1. The number of carbonyl (C=O) groups is 1. The lowest BCUT2D eigenvalue weighted by Gasteiger charge is -2.07. The number of nitro groups is 1. The summed E-state index contributed by atoms with van der Waals surface area (Å²) in [6.07, 6.45) is 0. The summed E-state index contributed by atoms with van der Waals surface area (Å²) < 4.78 is 0. The van der Waals surface area contributed by atoms with Crippen LogP contribution in [-0.4, -0.2) is 21.7 Å². The van der Waals surface area contributed by atoms with E-state index in [4.69, 9.17) is 23.2 Å². The van der Waals surface area contributed by atoms with Crippen molar-refractivity contribution in [1.82, 2.24) is 0 Å². The topological polar surface area (TPSA) is 92.5 Å². The largest absolute Gasteiger partial charge is 0.506 e. The first kappa shape index (κ1) is 18.4. The van der Waals surface area contributed by atoms with Crippen LogP contribution >= 0.6 is 35.0 Å². The molecule has 0 bridgehead atoms. The zero-order chi connectivity index (χ0) is 17.7. The Balaban J connectivity index is 1.90. The van der Waals surface area contributed by atoms with E-state index in [1.807, 2.05) is 6.07 Å². The van der Waals surface area contributed by atoms with Crippen molar-refractivity contribution >= 4 is 52.2 Å². The van der Waals surface area contributed by atoms with Gasteiger partial charge in [0.15, 0.2) is 0 Å². The Labute approximate surface area is 151 Å². The van der Waals surface area contributed by atoms with Gasteiger partial charge in [-0.2, -0.15) is 0 Å². The van der Waals surface area contributed by atoms with Crippen LogP contribution in [0.4, 0.5) is 11.4 Å². The Morgan fingerprint density at radius 2 is 1.96 bits per heavy atom. The van der Waals surface area contributed by atoms with Crippen molar-refractivity contribution in [2.45, 2.75) is 5.75 Å². The number of nitro benzene ring substituents is 1. The SMILES string of the molecule is O=C(CSCc1ccc(Cl)c(Cl)c1)Nc1cc([N+](=O)[O-])ccc1O. The van der Waals surface area contributed by atoms with E-state index in [0.717, 1.165) is 23.8 Å². The van der Waals surface area contributed by atoms with Gasteiger partial charge in [0.05, 0.1) is 26.4 Å². The fourth-order valence-corrected chi connectivity index (χ4v) is 2.91. The van der Waals surface area contributed by atoms with E-state index in [2.05, 4.69) is 5.32 Å².